The van der Waals surface area contributed by atoms with Gasteiger partial charge in [0.2, 0.25) is 0 Å². The summed E-state index contributed by atoms with van der Waals surface area (Å²) in [6.45, 7) is 3.48. The largest absolute Gasteiger partial charge is 0.465 e. The zero-order valence-electron chi connectivity index (χ0n) is 14.1. The molecule has 0 unspecified atom stereocenters. The van der Waals surface area contributed by atoms with Crippen molar-refractivity contribution >= 4 is 5.91 Å². The molecule has 5 nitrogen and oxygen atoms in total. The zero-order valence-corrected chi connectivity index (χ0v) is 14.1. The van der Waals surface area contributed by atoms with Gasteiger partial charge in [-0.1, -0.05) is 0 Å². The van der Waals surface area contributed by atoms with E-state index in [0.717, 1.165) is 80.0 Å². The molecule has 24 heavy (non-hydrogen) atoms. The molecule has 0 bridgehead atoms. The van der Waals surface area contributed by atoms with E-state index in [0.29, 0.717) is 5.92 Å². The quantitative estimate of drug-likeness (QED) is 0.850. The van der Waals surface area contributed by atoms with Gasteiger partial charge in [0.15, 0.2) is 0 Å². The van der Waals surface area contributed by atoms with E-state index >= 15 is 0 Å². The summed E-state index contributed by atoms with van der Waals surface area (Å²) in [7, 11) is 0. The molecule has 1 aliphatic carbocycles. The molecule has 1 fully saturated rings. The van der Waals surface area contributed by atoms with Gasteiger partial charge < -0.3 is 9.32 Å². The van der Waals surface area contributed by atoms with Gasteiger partial charge in [-0.15, -0.1) is 0 Å². The molecule has 4 rings (SSSR count). The molecule has 2 aliphatic rings. The average Bonchev–Trinajstić information content (AvgIpc) is 2.97. The van der Waals surface area contributed by atoms with Gasteiger partial charge in [-0.2, -0.15) is 0 Å². The summed E-state index contributed by atoms with van der Waals surface area (Å²) in [6.07, 6.45) is 9.70. The van der Waals surface area contributed by atoms with Gasteiger partial charge in [0.1, 0.15) is 17.8 Å². The summed E-state index contributed by atoms with van der Waals surface area (Å²) in [5.74, 6) is 2.26. The Kier molecular flexibility index (Phi) is 4.08. The Morgan fingerprint density at radius 2 is 2.17 bits per heavy atom. The van der Waals surface area contributed by atoms with Crippen LogP contribution in [0.15, 0.2) is 23.0 Å². The number of fused-ring (bicyclic) bond motifs is 1. The molecule has 2 aromatic rings. The van der Waals surface area contributed by atoms with Crippen molar-refractivity contribution in [2.75, 3.05) is 13.1 Å². The van der Waals surface area contributed by atoms with Gasteiger partial charge in [-0.3, -0.25) is 4.79 Å². The third-order valence-corrected chi connectivity index (χ3v) is 5.29. The molecule has 1 saturated heterocycles. The SMILES string of the molecule is Cc1oc2c(c1C(=O)N1CCC[C@H](c3ccncn3)C1)CCCC2. The molecule has 0 saturated carbocycles. The fourth-order valence-electron chi connectivity index (χ4n) is 4.09. The van der Waals surface area contributed by atoms with Crippen LogP contribution in [0, 0.1) is 6.92 Å². The monoisotopic (exact) mass is 325 g/mol. The van der Waals surface area contributed by atoms with Crippen molar-refractivity contribution in [3.8, 4) is 0 Å². The lowest BCUT2D eigenvalue weighted by Crippen LogP contribution is -2.39. The fraction of sp³-hybridized carbons (Fsp3) is 0.526. The maximum atomic E-state index is 13.2. The number of aryl methyl sites for hydroxylation is 2. The second kappa shape index (κ2) is 6.38. The molecule has 1 aliphatic heterocycles. The third kappa shape index (κ3) is 2.72. The number of hydrogen-bond acceptors (Lipinski definition) is 4. The van der Waals surface area contributed by atoms with Gasteiger partial charge in [0.05, 0.1) is 5.56 Å². The molecular formula is C19H23N3O2. The van der Waals surface area contributed by atoms with Crippen LogP contribution in [0.2, 0.25) is 0 Å². The number of aromatic nitrogens is 2. The van der Waals surface area contributed by atoms with Crippen LogP contribution < -0.4 is 0 Å². The van der Waals surface area contributed by atoms with Gasteiger partial charge >= 0.3 is 0 Å². The lowest BCUT2D eigenvalue weighted by molar-refractivity contribution is 0.0703. The van der Waals surface area contributed by atoms with Crippen LogP contribution >= 0.6 is 0 Å². The molecule has 0 radical (unpaired) electrons. The van der Waals surface area contributed by atoms with Gasteiger partial charge in [0, 0.05) is 42.9 Å². The van der Waals surface area contributed by atoms with E-state index in [4.69, 9.17) is 4.42 Å². The number of furan rings is 1. The fourth-order valence-corrected chi connectivity index (χ4v) is 4.09. The first-order chi connectivity index (χ1) is 11.7. The molecule has 2 aromatic heterocycles. The molecule has 5 heteroatoms. The molecule has 1 amide bonds. The number of carbonyl (C=O) groups excluding carboxylic acids is 1. The van der Waals surface area contributed by atoms with Crippen LogP contribution in [0.5, 0.6) is 0 Å². The summed E-state index contributed by atoms with van der Waals surface area (Å²) in [5.41, 5.74) is 3.02. The molecule has 3 heterocycles. The van der Waals surface area contributed by atoms with E-state index in [2.05, 4.69) is 9.97 Å². The molecule has 1 atom stereocenters. The van der Waals surface area contributed by atoms with E-state index in [9.17, 15) is 4.79 Å². The summed E-state index contributed by atoms with van der Waals surface area (Å²) >= 11 is 0. The maximum Gasteiger partial charge on any atom is 0.257 e. The highest BCUT2D eigenvalue weighted by Crippen LogP contribution is 2.32. The van der Waals surface area contributed by atoms with Crippen molar-refractivity contribution in [3.63, 3.8) is 0 Å². The Hall–Kier alpha value is -2.17. The average molecular weight is 325 g/mol. The van der Waals surface area contributed by atoms with Crippen LogP contribution in [0.3, 0.4) is 0 Å². The van der Waals surface area contributed by atoms with Crippen LogP contribution in [-0.4, -0.2) is 33.9 Å². The van der Waals surface area contributed by atoms with Crippen LogP contribution in [-0.2, 0) is 12.8 Å². The van der Waals surface area contributed by atoms with Gasteiger partial charge in [-0.05, 0) is 45.1 Å². The lowest BCUT2D eigenvalue weighted by atomic mass is 9.91. The minimum Gasteiger partial charge on any atom is -0.465 e. The summed E-state index contributed by atoms with van der Waals surface area (Å²) in [6, 6.07) is 1.96. The topological polar surface area (TPSA) is 59.2 Å². The van der Waals surface area contributed by atoms with Crippen molar-refractivity contribution in [2.45, 2.75) is 51.4 Å². The number of piperidine rings is 1. The maximum absolute atomic E-state index is 13.2. The Bertz CT molecular complexity index is 739. The smallest absolute Gasteiger partial charge is 0.257 e. The predicted octanol–water partition coefficient (Wildman–Crippen LogP) is 3.28. The second-order valence-corrected chi connectivity index (χ2v) is 6.87. The van der Waals surface area contributed by atoms with Crippen molar-refractivity contribution in [1.29, 1.82) is 0 Å². The van der Waals surface area contributed by atoms with Gasteiger partial charge in [-0.25, -0.2) is 9.97 Å². The van der Waals surface area contributed by atoms with E-state index in [1.54, 1.807) is 12.5 Å². The minimum absolute atomic E-state index is 0.137. The lowest BCUT2D eigenvalue weighted by Gasteiger charge is -2.32. The number of likely N-dealkylation sites (tertiary alicyclic amines) is 1. The van der Waals surface area contributed by atoms with Crippen molar-refractivity contribution in [3.05, 3.63) is 46.9 Å². The van der Waals surface area contributed by atoms with E-state index in [-0.39, 0.29) is 5.91 Å². The second-order valence-electron chi connectivity index (χ2n) is 6.87. The third-order valence-electron chi connectivity index (χ3n) is 5.29. The molecule has 0 spiro atoms. The van der Waals surface area contributed by atoms with E-state index in [1.165, 1.54) is 0 Å². The molecule has 0 N–H and O–H groups in total. The number of carbonyl (C=O) groups is 1. The zero-order chi connectivity index (χ0) is 16.5. The van der Waals surface area contributed by atoms with E-state index < -0.39 is 0 Å². The van der Waals surface area contributed by atoms with Crippen LogP contribution in [0.4, 0.5) is 0 Å². The van der Waals surface area contributed by atoms with Crippen LogP contribution in [0.25, 0.3) is 0 Å². The van der Waals surface area contributed by atoms with Crippen molar-refractivity contribution < 1.29 is 9.21 Å². The van der Waals surface area contributed by atoms with Crippen molar-refractivity contribution in [2.24, 2.45) is 0 Å². The van der Waals surface area contributed by atoms with Crippen molar-refractivity contribution in [1.82, 2.24) is 14.9 Å². The highest BCUT2D eigenvalue weighted by Gasteiger charge is 2.31. The normalized spacial score (nSPS) is 20.7. The number of hydrogen-bond donors (Lipinski definition) is 0. The van der Waals surface area contributed by atoms with E-state index in [1.807, 2.05) is 17.9 Å². The molecule has 126 valence electrons. The minimum atomic E-state index is 0.137. The first-order valence-electron chi connectivity index (χ1n) is 8.90. The Morgan fingerprint density at radius 1 is 1.29 bits per heavy atom. The number of nitrogens with zero attached hydrogens (tertiary/aromatic N) is 3. The van der Waals surface area contributed by atoms with Crippen LogP contribution in [0.1, 0.15) is 64.7 Å². The summed E-state index contributed by atoms with van der Waals surface area (Å²) in [4.78, 5) is 23.5. The number of rotatable bonds is 2. The first kappa shape index (κ1) is 15.4. The summed E-state index contributed by atoms with van der Waals surface area (Å²) < 4.78 is 5.89. The predicted molar refractivity (Wildman–Crippen MR) is 90.0 cm³/mol. The molecular weight excluding hydrogens is 302 g/mol. The first-order valence-corrected chi connectivity index (χ1v) is 8.90. The highest BCUT2D eigenvalue weighted by molar-refractivity contribution is 5.97. The highest BCUT2D eigenvalue weighted by atomic mass is 16.3. The molecule has 0 aromatic carbocycles. The summed E-state index contributed by atoms with van der Waals surface area (Å²) in [5, 5.41) is 0. The standard InChI is InChI=1S/C19H23N3O2/c1-13-18(15-6-2-3-7-17(15)24-13)19(23)22-10-4-5-14(11-22)16-8-9-20-12-21-16/h8-9,12,14H,2-7,10-11H2,1H3/t14-/m0/s1. The Labute approximate surface area is 142 Å². The number of amides is 1. The Morgan fingerprint density at radius 3 is 3.00 bits per heavy atom. The van der Waals surface area contributed by atoms with Gasteiger partial charge in [0.25, 0.3) is 5.91 Å². The Balaban J connectivity index is 1.57.